The lowest BCUT2D eigenvalue weighted by molar-refractivity contribution is -0.119. The number of piperidine rings is 1. The Kier molecular flexibility index (Phi) is 5.92. The molecule has 1 aliphatic rings. The molecule has 1 unspecified atom stereocenters. The summed E-state index contributed by atoms with van der Waals surface area (Å²) >= 11 is 0. The van der Waals surface area contributed by atoms with Gasteiger partial charge >= 0.3 is 0 Å². The first-order valence-electron chi connectivity index (χ1n) is 7.69. The Morgan fingerprint density at radius 2 is 2.19 bits per heavy atom. The number of hydrogen-bond acceptors (Lipinski definition) is 5. The number of nitrogens with one attached hydrogen (secondary N) is 2. The highest BCUT2D eigenvalue weighted by atomic mass is 16.1. The summed E-state index contributed by atoms with van der Waals surface area (Å²) in [6, 6.07) is 0. The second-order valence-corrected chi connectivity index (χ2v) is 5.64. The van der Waals surface area contributed by atoms with E-state index in [0.29, 0.717) is 11.9 Å². The number of rotatable bonds is 6. The predicted octanol–water partition coefficient (Wildman–Crippen LogP) is 1.05. The van der Waals surface area contributed by atoms with Crippen molar-refractivity contribution in [3.8, 4) is 0 Å². The molecule has 0 aromatic carbocycles. The van der Waals surface area contributed by atoms with Gasteiger partial charge in [0.05, 0.1) is 6.54 Å². The van der Waals surface area contributed by atoms with E-state index in [1.165, 1.54) is 19.4 Å². The lowest BCUT2D eigenvalue weighted by Gasteiger charge is -2.31. The summed E-state index contributed by atoms with van der Waals surface area (Å²) in [5.74, 6) is 1.05. The fourth-order valence-electron chi connectivity index (χ4n) is 2.57. The third-order valence-electron chi connectivity index (χ3n) is 3.83. The van der Waals surface area contributed by atoms with Crippen LogP contribution in [0.4, 0.5) is 5.95 Å². The predicted molar refractivity (Wildman–Crippen MR) is 83.1 cm³/mol. The molecular formula is C15H25N5O. The number of hydrogen-bond donors (Lipinski definition) is 2. The van der Waals surface area contributed by atoms with E-state index in [-0.39, 0.29) is 12.5 Å². The van der Waals surface area contributed by atoms with Gasteiger partial charge in [0.1, 0.15) is 0 Å². The third-order valence-corrected chi connectivity index (χ3v) is 3.83. The summed E-state index contributed by atoms with van der Waals surface area (Å²) in [4.78, 5) is 22.5. The number of aryl methyl sites for hydroxylation is 1. The smallest absolute Gasteiger partial charge is 0.239 e. The Labute approximate surface area is 126 Å². The van der Waals surface area contributed by atoms with Crippen molar-refractivity contribution in [3.05, 3.63) is 18.0 Å². The van der Waals surface area contributed by atoms with Crippen LogP contribution >= 0.6 is 0 Å². The molecule has 1 saturated heterocycles. The molecule has 2 N–H and O–H groups in total. The fraction of sp³-hybridized carbons (Fsp3) is 0.667. The van der Waals surface area contributed by atoms with Gasteiger partial charge in [-0.05, 0) is 44.3 Å². The number of aromatic nitrogens is 2. The Morgan fingerprint density at radius 3 is 2.90 bits per heavy atom. The Morgan fingerprint density at radius 1 is 1.43 bits per heavy atom. The van der Waals surface area contributed by atoms with Crippen LogP contribution in [0, 0.1) is 12.8 Å². The van der Waals surface area contributed by atoms with Gasteiger partial charge in [-0.2, -0.15) is 0 Å². The lowest BCUT2D eigenvalue weighted by atomic mass is 9.98. The van der Waals surface area contributed by atoms with Gasteiger partial charge in [0.2, 0.25) is 11.9 Å². The molecule has 0 aliphatic carbocycles. The minimum absolute atomic E-state index is 0.00667. The molecular weight excluding hydrogens is 266 g/mol. The summed E-state index contributed by atoms with van der Waals surface area (Å²) in [6.45, 7) is 8.46. The van der Waals surface area contributed by atoms with Crippen molar-refractivity contribution in [1.82, 2.24) is 20.2 Å². The molecule has 1 amide bonds. The number of amides is 1. The topological polar surface area (TPSA) is 70.2 Å². The van der Waals surface area contributed by atoms with E-state index in [1.54, 1.807) is 12.4 Å². The molecule has 0 spiro atoms. The second-order valence-electron chi connectivity index (χ2n) is 5.64. The number of carbonyl (C=O) groups excluding carboxylic acids is 1. The molecule has 1 fully saturated rings. The van der Waals surface area contributed by atoms with Crippen LogP contribution in [0.1, 0.15) is 25.3 Å². The summed E-state index contributed by atoms with van der Waals surface area (Å²) in [7, 11) is 0. The van der Waals surface area contributed by atoms with Crippen LogP contribution in [0.3, 0.4) is 0 Å². The highest BCUT2D eigenvalue weighted by molar-refractivity contribution is 5.80. The average Bonchev–Trinajstić information content (AvgIpc) is 2.52. The maximum Gasteiger partial charge on any atom is 0.239 e. The largest absolute Gasteiger partial charge is 0.354 e. The van der Waals surface area contributed by atoms with E-state index in [2.05, 4.69) is 32.4 Å². The first-order valence-corrected chi connectivity index (χ1v) is 7.69. The minimum atomic E-state index is -0.00667. The van der Waals surface area contributed by atoms with Crippen LogP contribution in [-0.2, 0) is 4.79 Å². The molecule has 1 atom stereocenters. The van der Waals surface area contributed by atoms with Gasteiger partial charge in [-0.15, -0.1) is 0 Å². The first kappa shape index (κ1) is 15.7. The molecule has 116 valence electrons. The molecule has 6 nitrogen and oxygen atoms in total. The zero-order valence-electron chi connectivity index (χ0n) is 12.9. The van der Waals surface area contributed by atoms with Crippen molar-refractivity contribution >= 4 is 11.9 Å². The Balaban J connectivity index is 1.66. The standard InChI is InChI=1S/C15H25N5O/c1-3-20-6-4-5-13(11-20)9-16-14(21)10-19-15-17-7-12(2)8-18-15/h7-8,13H,3-6,9-11H2,1-2H3,(H,16,21)(H,17,18,19). The molecule has 6 heteroatoms. The van der Waals surface area contributed by atoms with Gasteiger partial charge in [-0.3, -0.25) is 4.79 Å². The van der Waals surface area contributed by atoms with Crippen LogP contribution in [0.15, 0.2) is 12.4 Å². The molecule has 0 bridgehead atoms. The van der Waals surface area contributed by atoms with Crippen molar-refractivity contribution < 1.29 is 4.79 Å². The quantitative estimate of drug-likeness (QED) is 0.819. The molecule has 21 heavy (non-hydrogen) atoms. The van der Waals surface area contributed by atoms with Crippen molar-refractivity contribution in [2.45, 2.75) is 26.7 Å². The number of nitrogens with zero attached hydrogens (tertiary/aromatic N) is 3. The van der Waals surface area contributed by atoms with Crippen LogP contribution in [0.25, 0.3) is 0 Å². The second kappa shape index (κ2) is 7.93. The molecule has 1 aliphatic heterocycles. The summed E-state index contributed by atoms with van der Waals surface area (Å²) in [5, 5.41) is 5.93. The van der Waals surface area contributed by atoms with Crippen molar-refractivity contribution in [2.75, 3.05) is 38.0 Å². The maximum atomic E-state index is 11.8. The van der Waals surface area contributed by atoms with Gasteiger partial charge in [0, 0.05) is 25.5 Å². The van der Waals surface area contributed by atoms with Crippen LogP contribution in [-0.4, -0.2) is 53.5 Å². The zero-order chi connectivity index (χ0) is 15.1. The Hall–Kier alpha value is -1.69. The maximum absolute atomic E-state index is 11.8. The highest BCUT2D eigenvalue weighted by Crippen LogP contribution is 2.15. The zero-order valence-corrected chi connectivity index (χ0v) is 12.9. The van der Waals surface area contributed by atoms with Gasteiger partial charge in [0.15, 0.2) is 0 Å². The van der Waals surface area contributed by atoms with Crippen LogP contribution < -0.4 is 10.6 Å². The molecule has 0 saturated carbocycles. The summed E-state index contributed by atoms with van der Waals surface area (Å²) < 4.78 is 0. The van der Waals surface area contributed by atoms with Crippen LogP contribution in [0.5, 0.6) is 0 Å². The lowest BCUT2D eigenvalue weighted by Crippen LogP contribution is -2.41. The SMILES string of the molecule is CCN1CCCC(CNC(=O)CNc2ncc(C)cn2)C1. The molecule has 2 rings (SSSR count). The van der Waals surface area contributed by atoms with Gasteiger partial charge in [-0.1, -0.05) is 6.92 Å². The first-order chi connectivity index (χ1) is 10.2. The van der Waals surface area contributed by atoms with E-state index < -0.39 is 0 Å². The average molecular weight is 291 g/mol. The Bertz CT molecular complexity index is 448. The fourth-order valence-corrected chi connectivity index (χ4v) is 2.57. The third kappa shape index (κ3) is 5.30. The van der Waals surface area contributed by atoms with Crippen molar-refractivity contribution in [1.29, 1.82) is 0 Å². The summed E-state index contributed by atoms with van der Waals surface area (Å²) in [6.07, 6.45) is 5.89. The van der Waals surface area contributed by atoms with E-state index in [9.17, 15) is 4.79 Å². The highest BCUT2D eigenvalue weighted by Gasteiger charge is 2.18. The van der Waals surface area contributed by atoms with E-state index >= 15 is 0 Å². The number of anilines is 1. The van der Waals surface area contributed by atoms with E-state index in [0.717, 1.165) is 25.2 Å². The molecule has 1 aromatic rings. The van der Waals surface area contributed by atoms with E-state index in [1.807, 2.05) is 6.92 Å². The monoisotopic (exact) mass is 291 g/mol. The van der Waals surface area contributed by atoms with Crippen molar-refractivity contribution in [2.24, 2.45) is 5.92 Å². The minimum Gasteiger partial charge on any atom is -0.354 e. The van der Waals surface area contributed by atoms with Gasteiger partial charge < -0.3 is 15.5 Å². The van der Waals surface area contributed by atoms with E-state index in [4.69, 9.17) is 0 Å². The molecule has 1 aromatic heterocycles. The normalized spacial score (nSPS) is 19.2. The van der Waals surface area contributed by atoms with Crippen LogP contribution in [0.2, 0.25) is 0 Å². The van der Waals surface area contributed by atoms with Gasteiger partial charge in [-0.25, -0.2) is 9.97 Å². The van der Waals surface area contributed by atoms with Gasteiger partial charge in [0.25, 0.3) is 0 Å². The van der Waals surface area contributed by atoms with Crippen molar-refractivity contribution in [3.63, 3.8) is 0 Å². The number of likely N-dealkylation sites (tertiary alicyclic amines) is 1. The summed E-state index contributed by atoms with van der Waals surface area (Å²) in [5.41, 5.74) is 1.00. The molecule has 2 heterocycles. The number of carbonyl (C=O) groups is 1. The molecule has 0 radical (unpaired) electrons.